The maximum Gasteiger partial charge on any atom is 0.307 e. The molecule has 0 radical (unpaired) electrons. The molecule has 0 atom stereocenters. The molecule has 0 saturated carbocycles. The molecule has 0 aromatic rings. The third-order valence-corrected chi connectivity index (χ3v) is 8.66. The average Bonchev–Trinajstić information content (AvgIpc) is 3.05. The van der Waals surface area contributed by atoms with Gasteiger partial charge in [-0.3, -0.25) is 14.5 Å². The van der Waals surface area contributed by atoms with Crippen LogP contribution in [-0.4, -0.2) is 92.5 Å². The highest BCUT2D eigenvalue weighted by atomic mass is 16.5. The predicted octanol–water partition coefficient (Wildman–Crippen LogP) is 8.45. The molecule has 9 nitrogen and oxygen atoms in total. The highest BCUT2D eigenvalue weighted by Crippen LogP contribution is 2.12. The molecule has 0 heterocycles. The summed E-state index contributed by atoms with van der Waals surface area (Å²) in [5.74, 6) is -0.383. The number of ether oxygens (including phenoxy) is 2. The van der Waals surface area contributed by atoms with Gasteiger partial charge in [0.25, 0.3) is 0 Å². The van der Waals surface area contributed by atoms with E-state index >= 15 is 0 Å². The summed E-state index contributed by atoms with van der Waals surface area (Å²) in [6.07, 6.45) is 26.3. The monoisotopic (exact) mass is 656 g/mol. The molecule has 46 heavy (non-hydrogen) atoms. The van der Waals surface area contributed by atoms with E-state index in [1.807, 2.05) is 4.90 Å². The summed E-state index contributed by atoms with van der Waals surface area (Å²) in [7, 11) is 0. The molecule has 0 bridgehead atoms. The van der Waals surface area contributed by atoms with E-state index in [4.69, 9.17) is 9.47 Å². The van der Waals surface area contributed by atoms with Crippen molar-refractivity contribution in [3.8, 4) is 0 Å². The Kier molecular flexibility index (Phi) is 35.0. The molecule has 0 aromatic heterocycles. The van der Waals surface area contributed by atoms with Crippen molar-refractivity contribution in [1.29, 1.82) is 0 Å². The number of unbranched alkanes of at least 4 members (excludes halogenated alkanes) is 18. The van der Waals surface area contributed by atoms with Crippen molar-refractivity contribution < 1.29 is 24.2 Å². The van der Waals surface area contributed by atoms with Gasteiger partial charge in [-0.1, -0.05) is 135 Å². The Morgan fingerprint density at radius 3 is 1.24 bits per heavy atom. The molecule has 0 unspecified atom stereocenters. The molecule has 0 spiro atoms. The number of esters is 2. The first-order valence-corrected chi connectivity index (χ1v) is 19.2. The van der Waals surface area contributed by atoms with Gasteiger partial charge in [-0.15, -0.1) is 0 Å². The molecular formula is C37H73N3O6. The van der Waals surface area contributed by atoms with E-state index in [1.165, 1.54) is 103 Å². The van der Waals surface area contributed by atoms with Crippen LogP contribution in [0, 0.1) is 4.91 Å². The zero-order valence-electron chi connectivity index (χ0n) is 30.2. The SMILES string of the molecule is CCCCCCCCCCCCOC(=O)CCN(CCCN(CCO)CCN=O)CCC(=O)OCCCCCCCCCCCC. The number of carbonyl (C=O) groups excluding carboxylic acids is 2. The Hall–Kier alpha value is -1.58. The summed E-state index contributed by atoms with van der Waals surface area (Å²) >= 11 is 0. The first kappa shape index (κ1) is 44.4. The average molecular weight is 656 g/mol. The van der Waals surface area contributed by atoms with Crippen molar-refractivity contribution in [3.05, 3.63) is 4.91 Å². The number of nitroso groups, excluding NO2 is 1. The first-order chi connectivity index (χ1) is 22.6. The molecule has 272 valence electrons. The maximum absolute atomic E-state index is 12.4. The molecule has 0 amide bonds. The Morgan fingerprint density at radius 1 is 0.500 bits per heavy atom. The van der Waals surface area contributed by atoms with Crippen LogP contribution in [0.4, 0.5) is 0 Å². The lowest BCUT2D eigenvalue weighted by Crippen LogP contribution is -2.35. The lowest BCUT2D eigenvalue weighted by atomic mass is 10.1. The minimum Gasteiger partial charge on any atom is -0.466 e. The lowest BCUT2D eigenvalue weighted by Gasteiger charge is -2.24. The van der Waals surface area contributed by atoms with Gasteiger partial charge < -0.3 is 19.5 Å². The van der Waals surface area contributed by atoms with Crippen LogP contribution in [0.5, 0.6) is 0 Å². The maximum atomic E-state index is 12.4. The van der Waals surface area contributed by atoms with Crippen molar-refractivity contribution in [1.82, 2.24) is 9.80 Å². The minimum absolute atomic E-state index is 0.0261. The second-order valence-corrected chi connectivity index (χ2v) is 12.9. The van der Waals surface area contributed by atoms with Crippen LogP contribution in [0.15, 0.2) is 5.18 Å². The van der Waals surface area contributed by atoms with E-state index in [-0.39, 0.29) is 25.1 Å². The largest absolute Gasteiger partial charge is 0.466 e. The third-order valence-electron chi connectivity index (χ3n) is 8.66. The minimum atomic E-state index is -0.191. The molecule has 0 aliphatic carbocycles. The van der Waals surface area contributed by atoms with Crippen LogP contribution < -0.4 is 0 Å². The lowest BCUT2D eigenvalue weighted by molar-refractivity contribution is -0.144. The van der Waals surface area contributed by atoms with Crippen LogP contribution in [0.3, 0.4) is 0 Å². The fraction of sp³-hybridized carbons (Fsp3) is 0.946. The quantitative estimate of drug-likeness (QED) is 0.0404. The van der Waals surface area contributed by atoms with Gasteiger partial charge in [0.2, 0.25) is 0 Å². The number of rotatable bonds is 37. The molecule has 9 heteroatoms. The van der Waals surface area contributed by atoms with Crippen molar-refractivity contribution in [2.75, 3.05) is 65.6 Å². The molecule has 0 aromatic carbocycles. The predicted molar refractivity (Wildman–Crippen MR) is 190 cm³/mol. The van der Waals surface area contributed by atoms with E-state index < -0.39 is 0 Å². The van der Waals surface area contributed by atoms with Gasteiger partial charge >= 0.3 is 11.9 Å². The van der Waals surface area contributed by atoms with Gasteiger partial charge in [0.15, 0.2) is 0 Å². The van der Waals surface area contributed by atoms with Gasteiger partial charge in [-0.2, -0.15) is 4.91 Å². The second-order valence-electron chi connectivity index (χ2n) is 12.9. The molecule has 0 aliphatic rings. The van der Waals surface area contributed by atoms with E-state index in [1.54, 1.807) is 0 Å². The summed E-state index contributed by atoms with van der Waals surface area (Å²) in [5.41, 5.74) is 0. The zero-order chi connectivity index (χ0) is 33.8. The van der Waals surface area contributed by atoms with Crippen LogP contribution in [0.25, 0.3) is 0 Å². The summed E-state index contributed by atoms with van der Waals surface area (Å²) < 4.78 is 11.0. The Labute approximate surface area is 282 Å². The third kappa shape index (κ3) is 32.4. The highest BCUT2D eigenvalue weighted by molar-refractivity contribution is 5.70. The van der Waals surface area contributed by atoms with Crippen LogP contribution >= 0.6 is 0 Å². The van der Waals surface area contributed by atoms with Gasteiger partial charge in [0, 0.05) is 26.2 Å². The second kappa shape index (κ2) is 36.3. The Bertz CT molecular complexity index is 639. The van der Waals surface area contributed by atoms with E-state index in [0.717, 1.165) is 32.1 Å². The van der Waals surface area contributed by atoms with Gasteiger partial charge in [0.1, 0.15) is 0 Å². The fourth-order valence-corrected chi connectivity index (χ4v) is 5.71. The molecule has 0 rings (SSSR count). The number of aliphatic hydroxyl groups is 1. The number of carbonyl (C=O) groups is 2. The summed E-state index contributed by atoms with van der Waals surface area (Å²) in [6.45, 7) is 9.13. The molecule has 0 saturated heterocycles. The van der Waals surface area contributed by atoms with Gasteiger partial charge in [-0.25, -0.2) is 0 Å². The smallest absolute Gasteiger partial charge is 0.307 e. The molecular weight excluding hydrogens is 582 g/mol. The molecule has 0 aliphatic heterocycles. The first-order valence-electron chi connectivity index (χ1n) is 19.2. The summed E-state index contributed by atoms with van der Waals surface area (Å²) in [5, 5.41) is 12.3. The van der Waals surface area contributed by atoms with E-state index in [2.05, 4.69) is 23.9 Å². The van der Waals surface area contributed by atoms with Crippen molar-refractivity contribution >= 4 is 11.9 Å². The molecule has 0 fully saturated rings. The standard InChI is InChI=1S/C37H73N3O6/c1-3-5-7-9-11-13-15-17-19-21-34-45-36(42)24-29-39(27-23-28-40(32-33-41)31-26-38-44)30-25-37(43)46-35-22-20-18-16-14-12-10-8-6-4-2/h41H,3-35H2,1-2H3. The topological polar surface area (TPSA) is 109 Å². The zero-order valence-corrected chi connectivity index (χ0v) is 30.2. The van der Waals surface area contributed by atoms with E-state index in [9.17, 15) is 19.6 Å². The van der Waals surface area contributed by atoms with Crippen LogP contribution in [-0.2, 0) is 19.1 Å². The van der Waals surface area contributed by atoms with Gasteiger partial charge in [-0.05, 0) is 32.4 Å². The normalized spacial score (nSPS) is 11.4. The fourth-order valence-electron chi connectivity index (χ4n) is 5.71. The van der Waals surface area contributed by atoms with Crippen molar-refractivity contribution in [2.24, 2.45) is 5.18 Å². The number of aliphatic hydroxyl groups excluding tert-OH is 1. The van der Waals surface area contributed by atoms with Crippen LogP contribution in [0.1, 0.15) is 162 Å². The number of hydrogen-bond donors (Lipinski definition) is 1. The molecule has 1 N–H and O–H groups in total. The number of nitrogens with zero attached hydrogens (tertiary/aromatic N) is 3. The van der Waals surface area contributed by atoms with Crippen molar-refractivity contribution in [3.63, 3.8) is 0 Å². The van der Waals surface area contributed by atoms with Gasteiger partial charge in [0.05, 0.1) is 39.2 Å². The van der Waals surface area contributed by atoms with E-state index in [0.29, 0.717) is 65.3 Å². The van der Waals surface area contributed by atoms with Crippen LogP contribution in [0.2, 0.25) is 0 Å². The van der Waals surface area contributed by atoms with Crippen molar-refractivity contribution in [2.45, 2.75) is 162 Å². The Morgan fingerprint density at radius 2 is 0.870 bits per heavy atom. The highest BCUT2D eigenvalue weighted by Gasteiger charge is 2.13. The number of hydrogen-bond acceptors (Lipinski definition) is 9. The summed E-state index contributed by atoms with van der Waals surface area (Å²) in [6, 6.07) is 0. The Balaban J connectivity index is 4.31. The summed E-state index contributed by atoms with van der Waals surface area (Å²) in [4.78, 5) is 39.6.